The van der Waals surface area contributed by atoms with Crippen LogP contribution < -0.4 is 0 Å². The summed E-state index contributed by atoms with van der Waals surface area (Å²) in [5.74, 6) is 0.141. The minimum absolute atomic E-state index is 0.0146. The zero-order valence-corrected chi connectivity index (χ0v) is 12.0. The topological polar surface area (TPSA) is 73.5 Å². The van der Waals surface area contributed by atoms with Crippen molar-refractivity contribution in [1.82, 2.24) is 0 Å². The number of benzene rings is 1. The van der Waals surface area contributed by atoms with E-state index in [0.29, 0.717) is 12.8 Å². The third-order valence-electron chi connectivity index (χ3n) is 3.66. The first-order valence-corrected chi connectivity index (χ1v) is 6.58. The van der Waals surface area contributed by atoms with Gasteiger partial charge in [0.2, 0.25) is 0 Å². The molecule has 20 heavy (non-hydrogen) atoms. The van der Waals surface area contributed by atoms with E-state index < -0.39 is 5.41 Å². The Bertz CT molecular complexity index is 519. The molecule has 0 saturated heterocycles. The summed E-state index contributed by atoms with van der Waals surface area (Å²) in [6, 6.07) is 8.17. The molecule has 1 aromatic rings. The first-order chi connectivity index (χ1) is 9.49. The third kappa shape index (κ3) is 3.60. The van der Waals surface area contributed by atoms with Crippen LogP contribution in [0.5, 0.6) is 0 Å². The Hall–Kier alpha value is -1.83. The lowest BCUT2D eigenvalue weighted by Crippen LogP contribution is -2.26. The van der Waals surface area contributed by atoms with Crippen LogP contribution in [0.3, 0.4) is 0 Å². The highest BCUT2D eigenvalue weighted by Gasteiger charge is 2.33. The van der Waals surface area contributed by atoms with Crippen LogP contribution in [0.1, 0.15) is 36.0 Å². The van der Waals surface area contributed by atoms with Crippen molar-refractivity contribution in [2.75, 3.05) is 6.61 Å². The Labute approximate surface area is 119 Å². The van der Waals surface area contributed by atoms with Crippen molar-refractivity contribution in [3.05, 3.63) is 47.2 Å². The monoisotopic (exact) mass is 275 g/mol. The van der Waals surface area contributed by atoms with E-state index in [1.165, 1.54) is 0 Å². The molecule has 4 nitrogen and oxygen atoms in total. The van der Waals surface area contributed by atoms with Gasteiger partial charge in [-0.2, -0.15) is 5.26 Å². The van der Waals surface area contributed by atoms with Crippen molar-refractivity contribution in [3.63, 3.8) is 0 Å². The van der Waals surface area contributed by atoms with Gasteiger partial charge in [0, 0.05) is 13.0 Å². The molecule has 2 N–H and O–H groups in total. The highest BCUT2D eigenvalue weighted by atomic mass is 17.1. The lowest BCUT2D eigenvalue weighted by molar-refractivity contribution is -0.206. The van der Waals surface area contributed by atoms with Gasteiger partial charge in [0.1, 0.15) is 5.76 Å². The van der Waals surface area contributed by atoms with Gasteiger partial charge in [-0.1, -0.05) is 24.8 Å². The van der Waals surface area contributed by atoms with Crippen LogP contribution in [-0.4, -0.2) is 17.0 Å². The molecule has 0 aromatic heterocycles. The van der Waals surface area contributed by atoms with Crippen molar-refractivity contribution < 1.29 is 15.3 Å². The second-order valence-corrected chi connectivity index (χ2v) is 5.13. The Balaban J connectivity index is 3.23. The molecule has 1 rings (SSSR count). The van der Waals surface area contributed by atoms with Gasteiger partial charge in [-0.05, 0) is 43.4 Å². The highest BCUT2D eigenvalue weighted by Crippen LogP contribution is 2.36. The zero-order valence-electron chi connectivity index (χ0n) is 12.0. The molecule has 0 amide bonds. The van der Waals surface area contributed by atoms with Crippen molar-refractivity contribution in [2.45, 2.75) is 38.5 Å². The molecular weight excluding hydrogens is 254 g/mol. The van der Waals surface area contributed by atoms with Gasteiger partial charge in [0.25, 0.3) is 0 Å². The van der Waals surface area contributed by atoms with Crippen LogP contribution in [0.4, 0.5) is 0 Å². The number of aliphatic hydroxyl groups is 1. The minimum Gasteiger partial charge on any atom is -0.396 e. The zero-order chi connectivity index (χ0) is 15.2. The molecule has 0 aliphatic carbocycles. The smallest absolute Gasteiger partial charge is 0.137 e. The second kappa shape index (κ2) is 7.09. The van der Waals surface area contributed by atoms with Crippen molar-refractivity contribution in [1.29, 1.82) is 5.26 Å². The molecule has 0 aliphatic rings. The molecule has 1 atom stereocenters. The Morgan fingerprint density at radius 1 is 1.40 bits per heavy atom. The van der Waals surface area contributed by atoms with Crippen LogP contribution in [0.2, 0.25) is 0 Å². The van der Waals surface area contributed by atoms with Gasteiger partial charge in [-0.3, -0.25) is 0 Å². The maximum Gasteiger partial charge on any atom is 0.137 e. The average Bonchev–Trinajstić information content (AvgIpc) is 2.46. The van der Waals surface area contributed by atoms with Gasteiger partial charge in [0.15, 0.2) is 0 Å². The van der Waals surface area contributed by atoms with E-state index in [2.05, 4.69) is 17.5 Å². The van der Waals surface area contributed by atoms with Gasteiger partial charge in [0.05, 0.1) is 11.5 Å². The lowest BCUT2D eigenvalue weighted by atomic mass is 9.74. The fourth-order valence-corrected chi connectivity index (χ4v) is 2.28. The van der Waals surface area contributed by atoms with Crippen molar-refractivity contribution >= 4 is 0 Å². The standard InChI is InChI=1S/C16H21NO3/c1-12-5-6-15(9-13(12)2)16(11-17,7-4-8-18)10-14(3)20-19/h5-6,9,18-19H,3-4,7-8,10H2,1-2H3/t16-/m1/s1. The molecule has 1 aromatic carbocycles. The number of rotatable bonds is 7. The number of hydrogen-bond acceptors (Lipinski definition) is 4. The first-order valence-electron chi connectivity index (χ1n) is 6.58. The molecule has 4 heteroatoms. The second-order valence-electron chi connectivity index (χ2n) is 5.13. The van der Waals surface area contributed by atoms with Crippen LogP contribution in [-0.2, 0) is 10.3 Å². The Morgan fingerprint density at radius 3 is 2.60 bits per heavy atom. The molecule has 0 saturated carbocycles. The maximum absolute atomic E-state index is 9.65. The maximum atomic E-state index is 9.65. The molecule has 0 radical (unpaired) electrons. The highest BCUT2D eigenvalue weighted by molar-refractivity contribution is 5.39. The summed E-state index contributed by atoms with van der Waals surface area (Å²) in [5.41, 5.74) is 2.26. The minimum atomic E-state index is -0.846. The predicted octanol–water partition coefficient (Wildman–Crippen LogP) is 3.23. The number of nitriles is 1. The average molecular weight is 275 g/mol. The summed E-state index contributed by atoms with van der Waals surface area (Å²) in [4.78, 5) is 4.15. The van der Waals surface area contributed by atoms with E-state index in [1.807, 2.05) is 32.0 Å². The van der Waals surface area contributed by atoms with Gasteiger partial charge in [-0.25, -0.2) is 5.26 Å². The van der Waals surface area contributed by atoms with Crippen LogP contribution in [0.15, 0.2) is 30.5 Å². The normalized spacial score (nSPS) is 13.3. The van der Waals surface area contributed by atoms with Crippen LogP contribution in [0.25, 0.3) is 0 Å². The number of nitrogens with zero attached hydrogens (tertiary/aromatic N) is 1. The Kier molecular flexibility index (Phi) is 5.75. The van der Waals surface area contributed by atoms with E-state index in [4.69, 9.17) is 10.4 Å². The van der Waals surface area contributed by atoms with Crippen LogP contribution in [0, 0.1) is 25.2 Å². The summed E-state index contributed by atoms with van der Waals surface area (Å²) >= 11 is 0. The van der Waals surface area contributed by atoms with Gasteiger partial charge >= 0.3 is 0 Å². The number of allylic oxidation sites excluding steroid dienone is 1. The lowest BCUT2D eigenvalue weighted by Gasteiger charge is -2.27. The largest absolute Gasteiger partial charge is 0.396 e. The summed E-state index contributed by atoms with van der Waals surface area (Å²) < 4.78 is 0. The number of hydrogen-bond donors (Lipinski definition) is 2. The quantitative estimate of drug-likeness (QED) is 0.455. The molecule has 0 unspecified atom stereocenters. The van der Waals surface area contributed by atoms with E-state index >= 15 is 0 Å². The SMILES string of the molecule is C=C(C[C@@](C#N)(CCCO)c1ccc(C)c(C)c1)OO. The van der Waals surface area contributed by atoms with E-state index in [9.17, 15) is 5.26 Å². The molecule has 108 valence electrons. The van der Waals surface area contributed by atoms with E-state index in [-0.39, 0.29) is 18.8 Å². The summed E-state index contributed by atoms with van der Waals surface area (Å²) in [7, 11) is 0. The summed E-state index contributed by atoms with van der Waals surface area (Å²) in [6.45, 7) is 7.61. The fourth-order valence-electron chi connectivity index (χ4n) is 2.28. The Morgan fingerprint density at radius 2 is 2.10 bits per heavy atom. The van der Waals surface area contributed by atoms with Crippen molar-refractivity contribution in [2.24, 2.45) is 0 Å². The molecule has 0 aliphatic heterocycles. The molecule has 0 heterocycles. The van der Waals surface area contributed by atoms with Crippen molar-refractivity contribution in [3.8, 4) is 6.07 Å². The molecule has 0 spiro atoms. The summed E-state index contributed by atoms with van der Waals surface area (Å²) in [5, 5.41) is 27.4. The predicted molar refractivity (Wildman–Crippen MR) is 77.0 cm³/mol. The molecule has 0 fully saturated rings. The van der Waals surface area contributed by atoms with Crippen LogP contribution >= 0.6 is 0 Å². The van der Waals surface area contributed by atoms with Gasteiger partial charge in [-0.15, -0.1) is 0 Å². The fraction of sp³-hybridized carbons (Fsp3) is 0.438. The van der Waals surface area contributed by atoms with E-state index in [1.54, 1.807) is 0 Å². The first kappa shape index (κ1) is 16.2. The molecule has 0 bridgehead atoms. The summed E-state index contributed by atoms with van der Waals surface area (Å²) in [6.07, 6.45) is 1.17. The third-order valence-corrected chi connectivity index (χ3v) is 3.66. The van der Waals surface area contributed by atoms with Gasteiger partial charge < -0.3 is 9.99 Å². The van der Waals surface area contributed by atoms with E-state index in [0.717, 1.165) is 16.7 Å². The number of aliphatic hydroxyl groups excluding tert-OH is 1. The number of aryl methyl sites for hydroxylation is 2. The molecular formula is C16H21NO3.